The van der Waals surface area contributed by atoms with E-state index in [1.54, 1.807) is 30.5 Å². The molecule has 1 N–H and O–H groups in total. The Morgan fingerprint density at radius 3 is 2.86 bits per heavy atom. The van der Waals surface area contributed by atoms with Gasteiger partial charge < -0.3 is 5.32 Å². The molecule has 0 saturated heterocycles. The average molecular weight is 280 g/mol. The van der Waals surface area contributed by atoms with Gasteiger partial charge in [0.1, 0.15) is 5.82 Å². The summed E-state index contributed by atoms with van der Waals surface area (Å²) in [5.74, 6) is -0.655. The Labute approximate surface area is 121 Å². The fraction of sp³-hybridized carbons (Fsp3) is 0.0588. The predicted molar refractivity (Wildman–Crippen MR) is 80.8 cm³/mol. The highest BCUT2D eigenvalue weighted by Crippen LogP contribution is 2.20. The summed E-state index contributed by atoms with van der Waals surface area (Å²) in [6, 6.07) is 13.3. The molecule has 3 aromatic rings. The Morgan fingerprint density at radius 2 is 2.00 bits per heavy atom. The molecule has 0 aliphatic heterocycles. The lowest BCUT2D eigenvalue weighted by Gasteiger charge is -2.10. The third kappa shape index (κ3) is 2.60. The van der Waals surface area contributed by atoms with Crippen LogP contribution in [0.15, 0.2) is 54.7 Å². The summed E-state index contributed by atoms with van der Waals surface area (Å²) >= 11 is 0. The molecule has 3 rings (SSSR count). The summed E-state index contributed by atoms with van der Waals surface area (Å²) < 4.78 is 13.3. The van der Waals surface area contributed by atoms with Crippen molar-refractivity contribution < 1.29 is 9.18 Å². The summed E-state index contributed by atoms with van der Waals surface area (Å²) in [7, 11) is 0. The third-order valence-corrected chi connectivity index (χ3v) is 3.34. The number of pyridine rings is 1. The number of benzene rings is 2. The van der Waals surface area contributed by atoms with E-state index in [1.807, 2.05) is 19.1 Å². The molecule has 21 heavy (non-hydrogen) atoms. The van der Waals surface area contributed by atoms with Gasteiger partial charge in [-0.3, -0.25) is 9.78 Å². The summed E-state index contributed by atoms with van der Waals surface area (Å²) in [4.78, 5) is 16.7. The zero-order valence-electron chi connectivity index (χ0n) is 11.4. The van der Waals surface area contributed by atoms with Gasteiger partial charge in [-0.1, -0.05) is 18.2 Å². The second kappa shape index (κ2) is 5.32. The monoisotopic (exact) mass is 280 g/mol. The number of aryl methyl sites for hydroxylation is 1. The molecule has 4 heteroatoms. The largest absolute Gasteiger partial charge is 0.322 e. The lowest BCUT2D eigenvalue weighted by Crippen LogP contribution is -2.13. The van der Waals surface area contributed by atoms with Crippen molar-refractivity contribution in [3.8, 4) is 0 Å². The molecule has 1 amide bonds. The number of rotatable bonds is 2. The number of hydrogen-bond donors (Lipinski definition) is 1. The van der Waals surface area contributed by atoms with Crippen LogP contribution in [0.1, 0.15) is 15.9 Å². The first-order valence-corrected chi connectivity index (χ1v) is 6.56. The molecule has 0 spiro atoms. The van der Waals surface area contributed by atoms with Gasteiger partial charge >= 0.3 is 0 Å². The van der Waals surface area contributed by atoms with E-state index >= 15 is 0 Å². The maximum Gasteiger partial charge on any atom is 0.256 e. The van der Waals surface area contributed by atoms with E-state index < -0.39 is 0 Å². The molecule has 0 unspecified atom stereocenters. The number of nitrogens with one attached hydrogen (secondary N) is 1. The van der Waals surface area contributed by atoms with Crippen molar-refractivity contribution in [2.45, 2.75) is 6.92 Å². The molecule has 0 aliphatic carbocycles. The smallest absolute Gasteiger partial charge is 0.256 e. The molecule has 3 nitrogen and oxygen atoms in total. The van der Waals surface area contributed by atoms with Crippen LogP contribution in [0.5, 0.6) is 0 Å². The standard InChI is InChI=1S/C17H13FN2O/c1-11-7-8-12(18)10-16(11)20-17(21)14-4-2-6-15-13(14)5-3-9-19-15/h2-10H,1H3,(H,20,21). The summed E-state index contributed by atoms with van der Waals surface area (Å²) in [5.41, 5.74) is 2.55. The Morgan fingerprint density at radius 1 is 1.14 bits per heavy atom. The Hall–Kier alpha value is -2.75. The third-order valence-electron chi connectivity index (χ3n) is 3.34. The minimum Gasteiger partial charge on any atom is -0.322 e. The normalized spacial score (nSPS) is 10.6. The fourth-order valence-electron chi connectivity index (χ4n) is 2.22. The van der Waals surface area contributed by atoms with Gasteiger partial charge in [-0.15, -0.1) is 0 Å². The quantitative estimate of drug-likeness (QED) is 0.772. The molecule has 1 heterocycles. The van der Waals surface area contributed by atoms with Crippen molar-refractivity contribution in [3.63, 3.8) is 0 Å². The van der Waals surface area contributed by atoms with Crippen LogP contribution in [0.4, 0.5) is 10.1 Å². The highest BCUT2D eigenvalue weighted by Gasteiger charge is 2.11. The van der Waals surface area contributed by atoms with E-state index in [1.165, 1.54) is 12.1 Å². The van der Waals surface area contributed by atoms with E-state index in [0.29, 0.717) is 11.3 Å². The highest BCUT2D eigenvalue weighted by molar-refractivity contribution is 6.12. The molecular formula is C17H13FN2O. The van der Waals surface area contributed by atoms with Gasteiger partial charge in [-0.05, 0) is 42.8 Å². The molecular weight excluding hydrogens is 267 g/mol. The van der Waals surface area contributed by atoms with E-state index in [-0.39, 0.29) is 11.7 Å². The van der Waals surface area contributed by atoms with Crippen LogP contribution in [0.3, 0.4) is 0 Å². The summed E-state index contributed by atoms with van der Waals surface area (Å²) in [6.07, 6.45) is 1.68. The second-order valence-electron chi connectivity index (χ2n) is 4.79. The van der Waals surface area contributed by atoms with E-state index in [4.69, 9.17) is 0 Å². The fourth-order valence-corrected chi connectivity index (χ4v) is 2.22. The van der Waals surface area contributed by atoms with Crippen LogP contribution in [-0.2, 0) is 0 Å². The Balaban J connectivity index is 1.99. The van der Waals surface area contributed by atoms with Crippen LogP contribution in [-0.4, -0.2) is 10.9 Å². The van der Waals surface area contributed by atoms with Crippen LogP contribution in [0.25, 0.3) is 10.9 Å². The number of aromatic nitrogens is 1. The lowest BCUT2D eigenvalue weighted by atomic mass is 10.1. The molecule has 104 valence electrons. The van der Waals surface area contributed by atoms with Crippen molar-refractivity contribution in [3.05, 3.63) is 71.7 Å². The SMILES string of the molecule is Cc1ccc(F)cc1NC(=O)c1cccc2ncccc12. The first-order valence-electron chi connectivity index (χ1n) is 6.56. The van der Waals surface area contributed by atoms with Gasteiger partial charge in [-0.2, -0.15) is 0 Å². The van der Waals surface area contributed by atoms with Gasteiger partial charge in [0.2, 0.25) is 0 Å². The minimum absolute atomic E-state index is 0.276. The van der Waals surface area contributed by atoms with Crippen molar-refractivity contribution in [1.82, 2.24) is 4.98 Å². The maximum absolute atomic E-state index is 13.3. The minimum atomic E-state index is -0.379. The number of carbonyl (C=O) groups is 1. The maximum atomic E-state index is 13.3. The second-order valence-corrected chi connectivity index (χ2v) is 4.79. The summed E-state index contributed by atoms with van der Waals surface area (Å²) in [6.45, 7) is 1.82. The zero-order chi connectivity index (χ0) is 14.8. The number of amides is 1. The number of fused-ring (bicyclic) bond motifs is 1. The van der Waals surface area contributed by atoms with E-state index in [2.05, 4.69) is 10.3 Å². The first kappa shape index (κ1) is 13.2. The van der Waals surface area contributed by atoms with E-state index in [9.17, 15) is 9.18 Å². The number of halogens is 1. The van der Waals surface area contributed by atoms with Crippen molar-refractivity contribution >= 4 is 22.5 Å². The number of carbonyl (C=O) groups excluding carboxylic acids is 1. The molecule has 0 radical (unpaired) electrons. The molecule has 1 aromatic heterocycles. The molecule has 0 atom stereocenters. The average Bonchev–Trinajstić information content (AvgIpc) is 2.50. The lowest BCUT2D eigenvalue weighted by molar-refractivity contribution is 0.102. The highest BCUT2D eigenvalue weighted by atomic mass is 19.1. The van der Waals surface area contributed by atoms with Crippen LogP contribution in [0.2, 0.25) is 0 Å². The first-order chi connectivity index (χ1) is 10.1. The van der Waals surface area contributed by atoms with Gasteiger partial charge in [0.25, 0.3) is 5.91 Å². The van der Waals surface area contributed by atoms with Crippen molar-refractivity contribution in [2.75, 3.05) is 5.32 Å². The topological polar surface area (TPSA) is 42.0 Å². The van der Waals surface area contributed by atoms with Crippen LogP contribution in [0, 0.1) is 12.7 Å². The summed E-state index contributed by atoms with van der Waals surface area (Å²) in [5, 5.41) is 3.52. The molecule has 2 aromatic carbocycles. The van der Waals surface area contributed by atoms with Crippen LogP contribution >= 0.6 is 0 Å². The molecule has 0 fully saturated rings. The predicted octanol–water partition coefficient (Wildman–Crippen LogP) is 3.93. The van der Waals surface area contributed by atoms with Crippen molar-refractivity contribution in [1.29, 1.82) is 0 Å². The van der Waals surface area contributed by atoms with Gasteiger partial charge in [0.05, 0.1) is 5.52 Å². The Bertz CT molecular complexity index is 825. The van der Waals surface area contributed by atoms with Crippen LogP contribution < -0.4 is 5.32 Å². The zero-order valence-corrected chi connectivity index (χ0v) is 11.4. The molecule has 0 bridgehead atoms. The van der Waals surface area contributed by atoms with E-state index in [0.717, 1.165) is 16.5 Å². The number of anilines is 1. The van der Waals surface area contributed by atoms with Gasteiger partial charge in [0, 0.05) is 22.8 Å². The van der Waals surface area contributed by atoms with Gasteiger partial charge in [-0.25, -0.2) is 4.39 Å². The number of hydrogen-bond acceptors (Lipinski definition) is 2. The molecule has 0 saturated carbocycles. The Kier molecular flexibility index (Phi) is 3.36. The number of nitrogens with zero attached hydrogens (tertiary/aromatic N) is 1. The van der Waals surface area contributed by atoms with Gasteiger partial charge in [0.15, 0.2) is 0 Å². The molecule has 0 aliphatic rings. The van der Waals surface area contributed by atoms with Crippen molar-refractivity contribution in [2.24, 2.45) is 0 Å².